The first-order valence-electron chi connectivity index (χ1n) is 4.94. The van der Waals surface area contributed by atoms with Crippen LogP contribution in [0.3, 0.4) is 0 Å². The lowest BCUT2D eigenvalue weighted by Crippen LogP contribution is -2.25. The van der Waals surface area contributed by atoms with E-state index in [1.807, 2.05) is 7.05 Å². The van der Waals surface area contributed by atoms with Crippen LogP contribution in [0, 0.1) is 0 Å². The Balaban J connectivity index is 2.99. The van der Waals surface area contributed by atoms with Crippen LogP contribution < -0.4 is 0 Å². The monoisotopic (exact) mass is 254 g/mol. The minimum atomic E-state index is 0.179. The van der Waals surface area contributed by atoms with Gasteiger partial charge in [0.25, 0.3) is 0 Å². The summed E-state index contributed by atoms with van der Waals surface area (Å²) in [6.07, 6.45) is 1.11. The minimum absolute atomic E-state index is 0.179. The lowest BCUT2D eigenvalue weighted by atomic mass is 9.80. The zero-order chi connectivity index (χ0) is 10.6. The van der Waals surface area contributed by atoms with E-state index in [1.165, 1.54) is 5.56 Å². The number of rotatable bonds is 4. The third kappa shape index (κ3) is 2.58. The topological polar surface area (TPSA) is 14.1 Å². The molecule has 0 saturated carbocycles. The van der Waals surface area contributed by atoms with E-state index in [4.69, 9.17) is 0 Å². The molecule has 0 fully saturated rings. The van der Waals surface area contributed by atoms with Gasteiger partial charge in [-0.3, -0.25) is 0 Å². The normalized spacial score (nSPS) is 15.1. The van der Waals surface area contributed by atoms with Gasteiger partial charge in [0.1, 0.15) is 0 Å². The summed E-state index contributed by atoms with van der Waals surface area (Å²) in [5, 5.41) is 4.27. The van der Waals surface area contributed by atoms with Gasteiger partial charge in [0.05, 0.1) is 0 Å². The molecule has 0 spiro atoms. The van der Waals surface area contributed by atoms with E-state index in [9.17, 15) is 0 Å². The molecule has 0 aliphatic rings. The highest BCUT2D eigenvalue weighted by molar-refractivity contribution is 9.10. The van der Waals surface area contributed by atoms with Crippen LogP contribution in [0.15, 0.2) is 28.7 Å². The second kappa shape index (κ2) is 4.94. The molecule has 1 unspecified atom stereocenters. The molecule has 0 heterocycles. The fourth-order valence-electron chi connectivity index (χ4n) is 1.62. The molecule has 0 N–H and O–H groups in total. The molecule has 0 saturated heterocycles. The Bertz CT molecular complexity index is 298. The van der Waals surface area contributed by atoms with Crippen LogP contribution >= 0.6 is 15.9 Å². The van der Waals surface area contributed by atoms with Gasteiger partial charge in [-0.2, -0.15) is 7.05 Å². The molecular weight excluding hydrogens is 238 g/mol. The fourth-order valence-corrected chi connectivity index (χ4v) is 2.02. The summed E-state index contributed by atoms with van der Waals surface area (Å²) in [5.74, 6) is 0. The van der Waals surface area contributed by atoms with Crippen molar-refractivity contribution >= 4 is 15.9 Å². The largest absolute Gasteiger partial charge is 0.664 e. The molecule has 2 heteroatoms. The first-order valence-corrected chi connectivity index (χ1v) is 5.73. The quantitative estimate of drug-likeness (QED) is 0.768. The Labute approximate surface area is 95.0 Å². The number of likely N-dealkylation sites (N-methyl/N-ethyl adjacent to an activating group) is 1. The van der Waals surface area contributed by atoms with Crippen molar-refractivity contribution in [3.05, 3.63) is 39.6 Å². The van der Waals surface area contributed by atoms with Crippen LogP contribution in [-0.4, -0.2) is 13.6 Å². The van der Waals surface area contributed by atoms with Crippen molar-refractivity contribution < 1.29 is 0 Å². The predicted octanol–water partition coefficient (Wildman–Crippen LogP) is 4.12. The first kappa shape index (κ1) is 11.7. The van der Waals surface area contributed by atoms with Gasteiger partial charge in [-0.1, -0.05) is 41.9 Å². The molecule has 78 valence electrons. The average Bonchev–Trinajstić information content (AvgIpc) is 2.18. The van der Waals surface area contributed by atoms with Gasteiger partial charge in [-0.25, -0.2) is 0 Å². The van der Waals surface area contributed by atoms with E-state index >= 15 is 0 Å². The molecule has 0 bridgehead atoms. The summed E-state index contributed by atoms with van der Waals surface area (Å²) in [6, 6.07) is 8.51. The molecule has 0 aliphatic carbocycles. The van der Waals surface area contributed by atoms with Crippen LogP contribution in [0.4, 0.5) is 0 Å². The highest BCUT2D eigenvalue weighted by Gasteiger charge is 2.19. The van der Waals surface area contributed by atoms with Crippen LogP contribution in [0.1, 0.15) is 25.8 Å². The molecule has 14 heavy (non-hydrogen) atoms. The SMILES string of the molecule is CCC(C)(C[N-]C)c1cccc(Br)c1. The van der Waals surface area contributed by atoms with E-state index in [0.29, 0.717) is 0 Å². The number of halogens is 1. The smallest absolute Gasteiger partial charge is 0.0178 e. The molecule has 0 radical (unpaired) electrons. The van der Waals surface area contributed by atoms with Crippen molar-refractivity contribution in [2.75, 3.05) is 13.6 Å². The zero-order valence-corrected chi connectivity index (χ0v) is 10.6. The Kier molecular flexibility index (Phi) is 4.14. The standard InChI is InChI=1S/C12H17BrN/c1-4-12(2,9-14-3)10-6-5-7-11(13)8-10/h5-8H,4,9H2,1-3H3/q-1. The van der Waals surface area contributed by atoms with Gasteiger partial charge in [-0.15, -0.1) is 6.54 Å². The van der Waals surface area contributed by atoms with Gasteiger partial charge in [0.2, 0.25) is 0 Å². The van der Waals surface area contributed by atoms with Crippen molar-refractivity contribution in [1.29, 1.82) is 0 Å². The maximum atomic E-state index is 4.27. The van der Waals surface area contributed by atoms with Crippen LogP contribution in [-0.2, 0) is 5.41 Å². The van der Waals surface area contributed by atoms with E-state index in [1.54, 1.807) is 0 Å². The van der Waals surface area contributed by atoms with Crippen molar-refractivity contribution in [3.8, 4) is 0 Å². The molecule has 1 rings (SSSR count). The van der Waals surface area contributed by atoms with Crippen LogP contribution in [0.2, 0.25) is 0 Å². The van der Waals surface area contributed by atoms with E-state index in [-0.39, 0.29) is 5.41 Å². The minimum Gasteiger partial charge on any atom is -0.664 e. The third-order valence-electron chi connectivity index (χ3n) is 2.81. The average molecular weight is 255 g/mol. The predicted molar refractivity (Wildman–Crippen MR) is 65.9 cm³/mol. The molecular formula is C12H17BrN-. The summed E-state index contributed by atoms with van der Waals surface area (Å²) in [5.41, 5.74) is 1.54. The molecule has 1 atom stereocenters. The first-order chi connectivity index (χ1) is 6.62. The molecule has 0 amide bonds. The molecule has 0 aromatic heterocycles. The van der Waals surface area contributed by atoms with E-state index < -0.39 is 0 Å². The van der Waals surface area contributed by atoms with Crippen LogP contribution in [0.25, 0.3) is 5.32 Å². The Hall–Kier alpha value is -0.340. The Morgan fingerprint density at radius 2 is 2.14 bits per heavy atom. The van der Waals surface area contributed by atoms with Gasteiger partial charge < -0.3 is 5.32 Å². The second-order valence-electron chi connectivity index (χ2n) is 3.90. The van der Waals surface area contributed by atoms with Crippen molar-refractivity contribution in [2.45, 2.75) is 25.7 Å². The highest BCUT2D eigenvalue weighted by Crippen LogP contribution is 2.30. The summed E-state index contributed by atoms with van der Waals surface area (Å²) < 4.78 is 1.14. The van der Waals surface area contributed by atoms with Crippen LogP contribution in [0.5, 0.6) is 0 Å². The van der Waals surface area contributed by atoms with Gasteiger partial charge in [-0.05, 0) is 29.5 Å². The molecule has 1 aromatic carbocycles. The maximum Gasteiger partial charge on any atom is 0.0178 e. The van der Waals surface area contributed by atoms with Crippen molar-refractivity contribution in [1.82, 2.24) is 0 Å². The molecule has 1 aromatic rings. The second-order valence-corrected chi connectivity index (χ2v) is 4.81. The lowest BCUT2D eigenvalue weighted by molar-refractivity contribution is 0.487. The Morgan fingerprint density at radius 1 is 1.43 bits per heavy atom. The maximum absolute atomic E-state index is 4.27. The summed E-state index contributed by atoms with van der Waals surface area (Å²) in [4.78, 5) is 0. The summed E-state index contributed by atoms with van der Waals surface area (Å²) in [7, 11) is 1.88. The molecule has 1 nitrogen and oxygen atoms in total. The van der Waals surface area contributed by atoms with Crippen molar-refractivity contribution in [2.24, 2.45) is 0 Å². The summed E-state index contributed by atoms with van der Waals surface area (Å²) >= 11 is 3.50. The number of hydrogen-bond acceptors (Lipinski definition) is 0. The van der Waals surface area contributed by atoms with E-state index in [2.05, 4.69) is 59.4 Å². The summed E-state index contributed by atoms with van der Waals surface area (Å²) in [6.45, 7) is 5.37. The number of hydrogen-bond donors (Lipinski definition) is 0. The third-order valence-corrected chi connectivity index (χ3v) is 3.30. The van der Waals surface area contributed by atoms with Gasteiger partial charge >= 0.3 is 0 Å². The lowest BCUT2D eigenvalue weighted by Gasteiger charge is -2.35. The highest BCUT2D eigenvalue weighted by atomic mass is 79.9. The Morgan fingerprint density at radius 3 is 2.64 bits per heavy atom. The molecule has 0 aliphatic heterocycles. The number of benzene rings is 1. The van der Waals surface area contributed by atoms with Gasteiger partial charge in [0, 0.05) is 4.47 Å². The zero-order valence-electron chi connectivity index (χ0n) is 9.05. The van der Waals surface area contributed by atoms with Gasteiger partial charge in [0.15, 0.2) is 0 Å². The van der Waals surface area contributed by atoms with E-state index in [0.717, 1.165) is 17.4 Å². The fraction of sp³-hybridized carbons (Fsp3) is 0.500. The number of nitrogens with zero attached hydrogens (tertiary/aromatic N) is 1. The van der Waals surface area contributed by atoms with Crippen molar-refractivity contribution in [3.63, 3.8) is 0 Å².